The van der Waals surface area contributed by atoms with Crippen LogP contribution in [-0.4, -0.2) is 30.3 Å². The topological polar surface area (TPSA) is 58.6 Å². The lowest BCUT2D eigenvalue weighted by atomic mass is 10.1. The number of amides is 1. The van der Waals surface area contributed by atoms with Gasteiger partial charge in [-0.2, -0.15) is 0 Å². The molecule has 5 heteroatoms. The number of aliphatic hydroxyl groups excluding tert-OH is 1. The summed E-state index contributed by atoms with van der Waals surface area (Å²) in [6.45, 7) is 4.23. The van der Waals surface area contributed by atoms with Gasteiger partial charge in [0, 0.05) is 17.3 Å². The molecular weight excluding hydrogens is 310 g/mol. The Kier molecular flexibility index (Phi) is 6.62. The van der Waals surface area contributed by atoms with Crippen molar-refractivity contribution in [1.82, 2.24) is 5.32 Å². The van der Waals surface area contributed by atoms with Gasteiger partial charge in [-0.05, 0) is 42.5 Å². The van der Waals surface area contributed by atoms with Gasteiger partial charge in [0.1, 0.15) is 18.5 Å². The van der Waals surface area contributed by atoms with Gasteiger partial charge in [0.15, 0.2) is 0 Å². The lowest BCUT2D eigenvalue weighted by molar-refractivity contribution is -0.125. The second-order valence-electron chi connectivity index (χ2n) is 5.71. The molecule has 2 unspecified atom stereocenters. The Morgan fingerprint density at radius 2 is 2.17 bits per heavy atom. The molecule has 2 N–H and O–H groups in total. The summed E-state index contributed by atoms with van der Waals surface area (Å²) >= 11 is 1.65. The van der Waals surface area contributed by atoms with Crippen molar-refractivity contribution < 1.29 is 14.6 Å². The second-order valence-corrected chi connectivity index (χ2v) is 6.74. The standard InChI is InChI=1S/C18H23NO3S/c1-13-5-3-6-16(9-13)22-12-15(20)11-19-18(21)14(2)10-17-7-4-8-23-17/h3-9,14-15,20H,10-12H2,1-2H3,(H,19,21). The summed E-state index contributed by atoms with van der Waals surface area (Å²) in [5.74, 6) is 0.563. The molecule has 0 aliphatic heterocycles. The molecule has 1 aromatic carbocycles. The molecule has 0 aliphatic rings. The van der Waals surface area contributed by atoms with Gasteiger partial charge in [-0.3, -0.25) is 4.79 Å². The van der Waals surface area contributed by atoms with Crippen LogP contribution >= 0.6 is 11.3 Å². The van der Waals surface area contributed by atoms with Crippen LogP contribution in [0.25, 0.3) is 0 Å². The van der Waals surface area contributed by atoms with Crippen LogP contribution < -0.4 is 10.1 Å². The Morgan fingerprint density at radius 1 is 1.35 bits per heavy atom. The first-order valence-corrected chi connectivity index (χ1v) is 8.60. The normalized spacial score (nSPS) is 13.3. The number of aliphatic hydroxyl groups is 1. The molecule has 1 heterocycles. The zero-order chi connectivity index (χ0) is 16.7. The number of aryl methyl sites for hydroxylation is 1. The fraction of sp³-hybridized carbons (Fsp3) is 0.389. The van der Waals surface area contributed by atoms with E-state index in [1.165, 1.54) is 4.88 Å². The maximum absolute atomic E-state index is 12.0. The van der Waals surface area contributed by atoms with E-state index in [9.17, 15) is 9.90 Å². The molecule has 1 aromatic heterocycles. The molecule has 0 radical (unpaired) electrons. The van der Waals surface area contributed by atoms with Crippen LogP contribution in [-0.2, 0) is 11.2 Å². The number of ether oxygens (including phenoxy) is 1. The molecule has 0 saturated carbocycles. The molecule has 2 aromatic rings. The SMILES string of the molecule is Cc1cccc(OCC(O)CNC(=O)C(C)Cc2cccs2)c1. The Morgan fingerprint density at radius 3 is 2.87 bits per heavy atom. The number of hydrogen-bond donors (Lipinski definition) is 2. The Balaban J connectivity index is 1.69. The zero-order valence-corrected chi connectivity index (χ0v) is 14.3. The summed E-state index contributed by atoms with van der Waals surface area (Å²) in [6.07, 6.45) is -0.00672. The predicted octanol–water partition coefficient (Wildman–Crippen LogP) is 2.79. The largest absolute Gasteiger partial charge is 0.491 e. The van der Waals surface area contributed by atoms with Gasteiger partial charge < -0.3 is 15.2 Å². The van der Waals surface area contributed by atoms with Crippen LogP contribution in [0.4, 0.5) is 0 Å². The fourth-order valence-electron chi connectivity index (χ4n) is 2.17. The van der Waals surface area contributed by atoms with Crippen LogP contribution in [0.1, 0.15) is 17.4 Å². The third kappa shape index (κ3) is 6.04. The summed E-state index contributed by atoms with van der Waals surface area (Å²) in [7, 11) is 0. The molecule has 23 heavy (non-hydrogen) atoms. The minimum atomic E-state index is -0.728. The zero-order valence-electron chi connectivity index (χ0n) is 13.5. The van der Waals surface area contributed by atoms with Crippen molar-refractivity contribution >= 4 is 17.2 Å². The number of carbonyl (C=O) groups excluding carboxylic acids is 1. The summed E-state index contributed by atoms with van der Waals surface area (Å²) in [6, 6.07) is 11.7. The average Bonchev–Trinajstić information content (AvgIpc) is 3.03. The van der Waals surface area contributed by atoms with Gasteiger partial charge in [-0.1, -0.05) is 25.1 Å². The predicted molar refractivity (Wildman–Crippen MR) is 92.9 cm³/mol. The summed E-state index contributed by atoms with van der Waals surface area (Å²) in [4.78, 5) is 13.2. The summed E-state index contributed by atoms with van der Waals surface area (Å²) < 4.78 is 5.53. The highest BCUT2D eigenvalue weighted by Crippen LogP contribution is 2.14. The van der Waals surface area contributed by atoms with Crippen LogP contribution in [0.3, 0.4) is 0 Å². The monoisotopic (exact) mass is 333 g/mol. The number of rotatable bonds is 8. The van der Waals surface area contributed by atoms with Crippen molar-refractivity contribution in [3.05, 3.63) is 52.2 Å². The molecule has 0 saturated heterocycles. The van der Waals surface area contributed by atoms with E-state index in [-0.39, 0.29) is 25.0 Å². The second kappa shape index (κ2) is 8.70. The van der Waals surface area contributed by atoms with E-state index in [0.717, 1.165) is 17.7 Å². The number of benzene rings is 1. The third-order valence-corrected chi connectivity index (χ3v) is 4.38. The summed E-state index contributed by atoms with van der Waals surface area (Å²) in [5.41, 5.74) is 1.10. The van der Waals surface area contributed by atoms with Crippen molar-refractivity contribution in [3.63, 3.8) is 0 Å². The van der Waals surface area contributed by atoms with Gasteiger partial charge in [-0.25, -0.2) is 0 Å². The highest BCUT2D eigenvalue weighted by molar-refractivity contribution is 7.09. The van der Waals surface area contributed by atoms with E-state index in [2.05, 4.69) is 5.32 Å². The highest BCUT2D eigenvalue weighted by atomic mass is 32.1. The van der Waals surface area contributed by atoms with Gasteiger partial charge in [-0.15, -0.1) is 11.3 Å². The first kappa shape index (κ1) is 17.5. The first-order valence-electron chi connectivity index (χ1n) is 7.72. The smallest absolute Gasteiger partial charge is 0.223 e. The van der Waals surface area contributed by atoms with Gasteiger partial charge >= 0.3 is 0 Å². The van der Waals surface area contributed by atoms with Crippen LogP contribution in [0.5, 0.6) is 5.75 Å². The van der Waals surface area contributed by atoms with Gasteiger partial charge in [0.2, 0.25) is 5.91 Å². The summed E-state index contributed by atoms with van der Waals surface area (Å²) in [5, 5.41) is 14.7. The first-order chi connectivity index (χ1) is 11.0. The van der Waals surface area contributed by atoms with E-state index in [1.54, 1.807) is 11.3 Å². The maximum Gasteiger partial charge on any atom is 0.223 e. The number of thiophene rings is 1. The Labute approximate surface area is 141 Å². The molecule has 1 amide bonds. The average molecular weight is 333 g/mol. The van der Waals surface area contributed by atoms with E-state index in [4.69, 9.17) is 4.74 Å². The van der Waals surface area contributed by atoms with Crippen LogP contribution in [0.2, 0.25) is 0 Å². The minimum Gasteiger partial charge on any atom is -0.491 e. The lowest BCUT2D eigenvalue weighted by Gasteiger charge is -2.15. The molecule has 0 bridgehead atoms. The van der Waals surface area contributed by atoms with Crippen molar-refractivity contribution in [2.75, 3.05) is 13.2 Å². The fourth-order valence-corrected chi connectivity index (χ4v) is 3.01. The minimum absolute atomic E-state index is 0.0481. The van der Waals surface area contributed by atoms with Crippen LogP contribution in [0, 0.1) is 12.8 Å². The molecule has 4 nitrogen and oxygen atoms in total. The van der Waals surface area contributed by atoms with E-state index >= 15 is 0 Å². The third-order valence-electron chi connectivity index (χ3n) is 3.48. The highest BCUT2D eigenvalue weighted by Gasteiger charge is 2.15. The van der Waals surface area contributed by atoms with E-state index in [0.29, 0.717) is 0 Å². The molecular formula is C18H23NO3S. The van der Waals surface area contributed by atoms with Crippen LogP contribution in [0.15, 0.2) is 41.8 Å². The van der Waals surface area contributed by atoms with Crippen molar-refractivity contribution in [3.8, 4) is 5.75 Å². The molecule has 0 spiro atoms. The molecule has 0 fully saturated rings. The maximum atomic E-state index is 12.0. The number of hydrogen-bond acceptors (Lipinski definition) is 4. The Hall–Kier alpha value is -1.85. The van der Waals surface area contributed by atoms with Crippen molar-refractivity contribution in [1.29, 1.82) is 0 Å². The Bertz CT molecular complexity index is 612. The quantitative estimate of drug-likeness (QED) is 0.781. The van der Waals surface area contributed by atoms with E-state index < -0.39 is 6.10 Å². The number of nitrogens with one attached hydrogen (secondary N) is 1. The molecule has 0 aliphatic carbocycles. The van der Waals surface area contributed by atoms with Crippen molar-refractivity contribution in [2.45, 2.75) is 26.4 Å². The lowest BCUT2D eigenvalue weighted by Crippen LogP contribution is -2.38. The number of carbonyl (C=O) groups is 1. The van der Waals surface area contributed by atoms with E-state index in [1.807, 2.05) is 55.6 Å². The van der Waals surface area contributed by atoms with Crippen molar-refractivity contribution in [2.24, 2.45) is 5.92 Å². The molecule has 124 valence electrons. The van der Waals surface area contributed by atoms with Gasteiger partial charge in [0.05, 0.1) is 0 Å². The van der Waals surface area contributed by atoms with Gasteiger partial charge in [0.25, 0.3) is 0 Å². The molecule has 2 rings (SSSR count). The molecule has 2 atom stereocenters.